The number of hydrogen-bond donors (Lipinski definition) is 1. The van der Waals surface area contributed by atoms with E-state index in [1.165, 1.54) is 0 Å². The van der Waals surface area contributed by atoms with Crippen molar-refractivity contribution in [2.45, 2.75) is 0 Å². The first-order chi connectivity index (χ1) is 8.81. The fourth-order valence-corrected chi connectivity index (χ4v) is 3.18. The van der Waals surface area contributed by atoms with Crippen LogP contribution < -0.4 is 4.74 Å². The third-order valence-electron chi connectivity index (χ3n) is 2.91. The molecule has 0 saturated carbocycles. The molecule has 0 spiro atoms. The maximum absolute atomic E-state index is 10.4. The van der Waals surface area contributed by atoms with Crippen molar-refractivity contribution in [2.24, 2.45) is 0 Å². The van der Waals surface area contributed by atoms with Crippen LogP contribution in [0.5, 0.6) is 11.5 Å². The van der Waals surface area contributed by atoms with E-state index in [9.17, 15) is 5.11 Å². The van der Waals surface area contributed by atoms with Crippen molar-refractivity contribution in [3.05, 3.63) is 48.5 Å². The molecular formula is C15H12O2S. The van der Waals surface area contributed by atoms with Crippen LogP contribution in [0.3, 0.4) is 0 Å². The van der Waals surface area contributed by atoms with Crippen LogP contribution in [-0.4, -0.2) is 12.2 Å². The molecule has 0 radical (unpaired) electrons. The minimum absolute atomic E-state index is 0.304. The van der Waals surface area contributed by atoms with Crippen LogP contribution in [0.1, 0.15) is 0 Å². The largest absolute Gasteiger partial charge is 0.506 e. The zero-order valence-electron chi connectivity index (χ0n) is 9.88. The molecule has 1 N–H and O–H groups in total. The molecule has 18 heavy (non-hydrogen) atoms. The quantitative estimate of drug-likeness (QED) is 0.741. The Morgan fingerprint density at radius 3 is 2.50 bits per heavy atom. The van der Waals surface area contributed by atoms with Gasteiger partial charge in [0.15, 0.2) is 0 Å². The van der Waals surface area contributed by atoms with Gasteiger partial charge in [-0.2, -0.15) is 0 Å². The highest BCUT2D eigenvalue weighted by atomic mass is 32.1. The third kappa shape index (κ3) is 1.64. The number of thiophene rings is 1. The standard InChI is InChI=1S/C15H12O2S/c1-17-11-8-5-9-12-13(11)14(16)15(18-12)10-6-3-2-4-7-10/h2-9,16H,1H3. The normalized spacial score (nSPS) is 10.7. The lowest BCUT2D eigenvalue weighted by atomic mass is 10.1. The average molecular weight is 256 g/mol. The summed E-state index contributed by atoms with van der Waals surface area (Å²) in [6.45, 7) is 0. The number of rotatable bonds is 2. The van der Waals surface area contributed by atoms with Gasteiger partial charge in [-0.1, -0.05) is 36.4 Å². The second-order valence-electron chi connectivity index (χ2n) is 3.98. The van der Waals surface area contributed by atoms with E-state index in [2.05, 4.69) is 0 Å². The Kier molecular flexibility index (Phi) is 2.68. The second kappa shape index (κ2) is 4.35. The van der Waals surface area contributed by atoms with Gasteiger partial charge in [-0.3, -0.25) is 0 Å². The summed E-state index contributed by atoms with van der Waals surface area (Å²) in [7, 11) is 1.62. The number of methoxy groups -OCH3 is 1. The summed E-state index contributed by atoms with van der Waals surface area (Å²) in [5.74, 6) is 1.02. The maximum Gasteiger partial charge on any atom is 0.145 e. The first-order valence-electron chi connectivity index (χ1n) is 5.65. The fraction of sp³-hybridized carbons (Fsp3) is 0.0667. The molecule has 0 aliphatic rings. The van der Waals surface area contributed by atoms with Crippen LogP contribution in [0.4, 0.5) is 0 Å². The van der Waals surface area contributed by atoms with Gasteiger partial charge in [-0.25, -0.2) is 0 Å². The summed E-state index contributed by atoms with van der Waals surface area (Å²) in [6, 6.07) is 15.7. The predicted octanol–water partition coefficient (Wildman–Crippen LogP) is 4.28. The highest BCUT2D eigenvalue weighted by molar-refractivity contribution is 7.22. The Morgan fingerprint density at radius 2 is 1.78 bits per heavy atom. The summed E-state index contributed by atoms with van der Waals surface area (Å²) in [6.07, 6.45) is 0. The molecule has 0 unspecified atom stereocenters. The molecule has 90 valence electrons. The molecule has 0 saturated heterocycles. The van der Waals surface area contributed by atoms with Crippen LogP contribution in [0.15, 0.2) is 48.5 Å². The van der Waals surface area contributed by atoms with Crippen LogP contribution in [-0.2, 0) is 0 Å². The molecule has 0 amide bonds. The maximum atomic E-state index is 10.4. The smallest absolute Gasteiger partial charge is 0.145 e. The molecule has 1 heterocycles. The third-order valence-corrected chi connectivity index (χ3v) is 4.10. The van der Waals surface area contributed by atoms with Gasteiger partial charge in [-0.05, 0) is 17.7 Å². The Hall–Kier alpha value is -2.00. The van der Waals surface area contributed by atoms with E-state index >= 15 is 0 Å². The lowest BCUT2D eigenvalue weighted by Crippen LogP contribution is -1.82. The van der Waals surface area contributed by atoms with Gasteiger partial charge >= 0.3 is 0 Å². The van der Waals surface area contributed by atoms with Crippen molar-refractivity contribution in [3.63, 3.8) is 0 Å². The van der Waals surface area contributed by atoms with Crippen molar-refractivity contribution in [1.82, 2.24) is 0 Å². The first-order valence-corrected chi connectivity index (χ1v) is 6.47. The van der Waals surface area contributed by atoms with E-state index in [1.54, 1.807) is 18.4 Å². The number of benzene rings is 2. The minimum atomic E-state index is 0.304. The van der Waals surface area contributed by atoms with Crippen molar-refractivity contribution < 1.29 is 9.84 Å². The molecule has 0 aliphatic heterocycles. The van der Waals surface area contributed by atoms with Crippen molar-refractivity contribution in [3.8, 4) is 21.9 Å². The Bertz CT molecular complexity index is 686. The molecule has 3 heteroatoms. The van der Waals surface area contributed by atoms with Gasteiger partial charge in [0, 0.05) is 4.70 Å². The topological polar surface area (TPSA) is 29.5 Å². The summed E-state index contributed by atoms with van der Waals surface area (Å²) in [5.41, 5.74) is 1.03. The van der Waals surface area contributed by atoms with E-state index in [0.29, 0.717) is 11.5 Å². The van der Waals surface area contributed by atoms with E-state index in [1.807, 2.05) is 48.5 Å². The fourth-order valence-electron chi connectivity index (χ4n) is 2.06. The molecular weight excluding hydrogens is 244 g/mol. The van der Waals surface area contributed by atoms with E-state index in [0.717, 1.165) is 20.5 Å². The molecule has 3 aromatic rings. The van der Waals surface area contributed by atoms with E-state index < -0.39 is 0 Å². The molecule has 0 atom stereocenters. The number of fused-ring (bicyclic) bond motifs is 1. The Labute approximate surface area is 109 Å². The Balaban J connectivity index is 2.30. The summed E-state index contributed by atoms with van der Waals surface area (Å²) >= 11 is 1.58. The number of ether oxygens (including phenoxy) is 1. The monoisotopic (exact) mass is 256 g/mol. The van der Waals surface area contributed by atoms with Gasteiger partial charge in [-0.15, -0.1) is 11.3 Å². The highest BCUT2D eigenvalue weighted by Gasteiger charge is 2.15. The van der Waals surface area contributed by atoms with Crippen molar-refractivity contribution >= 4 is 21.4 Å². The summed E-state index contributed by atoms with van der Waals surface area (Å²) < 4.78 is 6.34. The van der Waals surface area contributed by atoms with Gasteiger partial charge in [0.25, 0.3) is 0 Å². The van der Waals surface area contributed by atoms with E-state index in [4.69, 9.17) is 4.74 Å². The molecule has 0 fully saturated rings. The van der Waals surface area contributed by atoms with Crippen LogP contribution in [0.25, 0.3) is 20.5 Å². The number of hydrogen-bond acceptors (Lipinski definition) is 3. The molecule has 1 aromatic heterocycles. The molecule has 2 nitrogen and oxygen atoms in total. The lowest BCUT2D eigenvalue weighted by Gasteiger charge is -2.02. The first kappa shape index (κ1) is 11.1. The molecule has 0 bridgehead atoms. The highest BCUT2D eigenvalue weighted by Crippen LogP contribution is 2.46. The van der Waals surface area contributed by atoms with Crippen molar-refractivity contribution in [1.29, 1.82) is 0 Å². The van der Waals surface area contributed by atoms with Gasteiger partial charge in [0.2, 0.25) is 0 Å². The van der Waals surface area contributed by atoms with Crippen LogP contribution >= 0.6 is 11.3 Å². The van der Waals surface area contributed by atoms with Gasteiger partial charge in [0.1, 0.15) is 11.5 Å². The SMILES string of the molecule is COc1cccc2sc(-c3ccccc3)c(O)c12. The van der Waals surface area contributed by atoms with Gasteiger partial charge in [0.05, 0.1) is 17.4 Å². The number of aromatic hydroxyl groups is 1. The summed E-state index contributed by atoms with van der Waals surface area (Å²) in [5, 5.41) is 11.2. The second-order valence-corrected chi connectivity index (χ2v) is 5.03. The minimum Gasteiger partial charge on any atom is -0.506 e. The summed E-state index contributed by atoms with van der Waals surface area (Å²) in [4.78, 5) is 0.884. The molecule has 2 aromatic carbocycles. The zero-order valence-corrected chi connectivity index (χ0v) is 10.7. The molecule has 0 aliphatic carbocycles. The van der Waals surface area contributed by atoms with Crippen LogP contribution in [0, 0.1) is 0 Å². The zero-order chi connectivity index (χ0) is 12.5. The lowest BCUT2D eigenvalue weighted by molar-refractivity contribution is 0.416. The van der Waals surface area contributed by atoms with E-state index in [-0.39, 0.29) is 0 Å². The average Bonchev–Trinajstić information content (AvgIpc) is 2.77. The van der Waals surface area contributed by atoms with Gasteiger partial charge < -0.3 is 9.84 Å². The Morgan fingerprint density at radius 1 is 1.00 bits per heavy atom. The van der Waals surface area contributed by atoms with Crippen molar-refractivity contribution in [2.75, 3.05) is 7.11 Å². The van der Waals surface area contributed by atoms with Crippen LogP contribution in [0.2, 0.25) is 0 Å². The molecule has 3 rings (SSSR count). The predicted molar refractivity (Wildman–Crippen MR) is 75.5 cm³/mol.